The molecule has 1 atom stereocenters. The summed E-state index contributed by atoms with van der Waals surface area (Å²) < 4.78 is 0. The molecule has 0 aliphatic carbocycles. The number of nitrogens with zero attached hydrogens (tertiary/aromatic N) is 2. The highest BCUT2D eigenvalue weighted by atomic mass is 16.6. The summed E-state index contributed by atoms with van der Waals surface area (Å²) in [5.41, 5.74) is 0.692. The molecule has 0 spiro atoms. The molecule has 1 amide bonds. The van der Waals surface area contributed by atoms with Gasteiger partial charge in [-0.1, -0.05) is 12.1 Å². The van der Waals surface area contributed by atoms with Crippen molar-refractivity contribution in [3.05, 3.63) is 39.9 Å². The average molecular weight is 306 g/mol. The zero-order valence-electron chi connectivity index (χ0n) is 12.1. The number of rotatable bonds is 5. The van der Waals surface area contributed by atoms with Gasteiger partial charge in [0.15, 0.2) is 0 Å². The standard InChI is InChI=1S/C15H18N2O5/c18-14(16-9-2-1-6-13(16)15(19)20)8-7-11-4-3-5-12(10-11)17(21)22/h3-5,10,13H,1-2,6-9H2,(H,19,20)/t13-/m1/s1. The van der Waals surface area contributed by atoms with Gasteiger partial charge in [-0.3, -0.25) is 14.9 Å². The first-order valence-electron chi connectivity index (χ1n) is 7.24. The first-order valence-corrected chi connectivity index (χ1v) is 7.24. The third-order valence-electron chi connectivity index (χ3n) is 3.86. The summed E-state index contributed by atoms with van der Waals surface area (Å²) in [5.74, 6) is -1.18. The molecule has 1 heterocycles. The van der Waals surface area contributed by atoms with Crippen molar-refractivity contribution in [3.63, 3.8) is 0 Å². The van der Waals surface area contributed by atoms with Crippen LogP contribution in [0.4, 0.5) is 5.69 Å². The highest BCUT2D eigenvalue weighted by Crippen LogP contribution is 2.20. The maximum absolute atomic E-state index is 12.2. The second-order valence-electron chi connectivity index (χ2n) is 5.36. The van der Waals surface area contributed by atoms with Crippen molar-refractivity contribution in [2.75, 3.05) is 6.54 Å². The fraction of sp³-hybridized carbons (Fsp3) is 0.467. The van der Waals surface area contributed by atoms with Crippen molar-refractivity contribution in [2.24, 2.45) is 0 Å². The minimum atomic E-state index is -0.969. The molecule has 0 saturated carbocycles. The van der Waals surface area contributed by atoms with Crippen LogP contribution in [0.15, 0.2) is 24.3 Å². The number of non-ortho nitro benzene ring substituents is 1. The van der Waals surface area contributed by atoms with Crippen molar-refractivity contribution >= 4 is 17.6 Å². The van der Waals surface area contributed by atoms with Crippen molar-refractivity contribution in [2.45, 2.75) is 38.1 Å². The number of likely N-dealkylation sites (tertiary alicyclic amines) is 1. The molecule has 0 aromatic heterocycles. The van der Waals surface area contributed by atoms with Gasteiger partial charge in [-0.2, -0.15) is 0 Å². The van der Waals surface area contributed by atoms with Gasteiger partial charge in [0, 0.05) is 25.1 Å². The third-order valence-corrected chi connectivity index (χ3v) is 3.86. The number of nitro benzene ring substituents is 1. The molecule has 1 fully saturated rings. The molecule has 1 aromatic carbocycles. The van der Waals surface area contributed by atoms with Gasteiger partial charge in [0.1, 0.15) is 6.04 Å². The molecule has 1 N–H and O–H groups in total. The summed E-state index contributed by atoms with van der Waals surface area (Å²) in [6.45, 7) is 0.463. The number of benzene rings is 1. The minimum Gasteiger partial charge on any atom is -0.480 e. The van der Waals surface area contributed by atoms with Gasteiger partial charge in [0.2, 0.25) is 5.91 Å². The monoisotopic (exact) mass is 306 g/mol. The van der Waals surface area contributed by atoms with Crippen molar-refractivity contribution in [1.82, 2.24) is 4.90 Å². The number of nitro groups is 1. The summed E-state index contributed by atoms with van der Waals surface area (Å²) >= 11 is 0. The van der Waals surface area contributed by atoms with Gasteiger partial charge in [-0.15, -0.1) is 0 Å². The van der Waals surface area contributed by atoms with Crippen LogP contribution < -0.4 is 0 Å². The molecule has 1 aromatic rings. The number of carboxylic acids is 1. The molecule has 2 rings (SSSR count). The topological polar surface area (TPSA) is 101 Å². The number of hydrogen-bond donors (Lipinski definition) is 1. The maximum atomic E-state index is 12.2. The summed E-state index contributed by atoms with van der Waals surface area (Å²) in [6, 6.07) is 5.41. The molecule has 0 radical (unpaired) electrons. The van der Waals surface area contributed by atoms with Gasteiger partial charge in [0.25, 0.3) is 5.69 Å². The van der Waals surface area contributed by atoms with Crippen LogP contribution in [0.5, 0.6) is 0 Å². The van der Waals surface area contributed by atoms with Crippen molar-refractivity contribution < 1.29 is 19.6 Å². The second-order valence-corrected chi connectivity index (χ2v) is 5.36. The van der Waals surface area contributed by atoms with E-state index in [4.69, 9.17) is 0 Å². The lowest BCUT2D eigenvalue weighted by Gasteiger charge is -2.33. The lowest BCUT2D eigenvalue weighted by atomic mass is 10.0. The van der Waals surface area contributed by atoms with Crippen LogP contribution in [0.25, 0.3) is 0 Å². The first kappa shape index (κ1) is 15.9. The van der Waals surface area contributed by atoms with E-state index in [9.17, 15) is 24.8 Å². The Morgan fingerprint density at radius 3 is 2.82 bits per heavy atom. The van der Waals surface area contributed by atoms with E-state index in [2.05, 4.69) is 0 Å². The summed E-state index contributed by atoms with van der Waals surface area (Å²) in [6.07, 6.45) is 2.63. The molecular formula is C15H18N2O5. The van der Waals surface area contributed by atoms with Crippen LogP contribution >= 0.6 is 0 Å². The van der Waals surface area contributed by atoms with Crippen LogP contribution in [-0.4, -0.2) is 39.4 Å². The molecule has 1 aliphatic heterocycles. The average Bonchev–Trinajstić information content (AvgIpc) is 2.52. The van der Waals surface area contributed by atoms with E-state index in [1.165, 1.54) is 17.0 Å². The fourth-order valence-corrected chi connectivity index (χ4v) is 2.71. The van der Waals surface area contributed by atoms with E-state index in [1.54, 1.807) is 12.1 Å². The molecule has 0 unspecified atom stereocenters. The Morgan fingerprint density at radius 1 is 1.36 bits per heavy atom. The largest absolute Gasteiger partial charge is 0.480 e. The zero-order chi connectivity index (χ0) is 16.1. The number of carbonyl (C=O) groups is 2. The van der Waals surface area contributed by atoms with Crippen molar-refractivity contribution in [3.8, 4) is 0 Å². The normalized spacial score (nSPS) is 18.0. The Kier molecular flexibility index (Phi) is 5.08. The number of piperidine rings is 1. The maximum Gasteiger partial charge on any atom is 0.326 e. The number of carbonyl (C=O) groups excluding carboxylic acids is 1. The number of hydrogen-bond acceptors (Lipinski definition) is 4. The minimum absolute atomic E-state index is 0.00802. The Bertz CT molecular complexity index is 587. The molecule has 22 heavy (non-hydrogen) atoms. The van der Waals surface area contributed by atoms with Gasteiger partial charge >= 0.3 is 5.97 Å². The van der Waals surface area contributed by atoms with Crippen LogP contribution in [0, 0.1) is 10.1 Å². The SMILES string of the molecule is O=C(O)[C@H]1CCCCN1C(=O)CCc1cccc([N+](=O)[O-])c1. The lowest BCUT2D eigenvalue weighted by molar-refractivity contribution is -0.384. The molecule has 0 bridgehead atoms. The second kappa shape index (κ2) is 7.02. The van der Waals surface area contributed by atoms with Crippen LogP contribution in [-0.2, 0) is 16.0 Å². The molecule has 7 nitrogen and oxygen atoms in total. The highest BCUT2D eigenvalue weighted by Gasteiger charge is 2.31. The van der Waals surface area contributed by atoms with Gasteiger partial charge in [0.05, 0.1) is 4.92 Å². The van der Waals surface area contributed by atoms with Crippen LogP contribution in [0.1, 0.15) is 31.2 Å². The summed E-state index contributed by atoms with van der Waals surface area (Å²) in [4.78, 5) is 35.1. The predicted octanol–water partition coefficient (Wildman–Crippen LogP) is 1.99. The first-order chi connectivity index (χ1) is 10.5. The van der Waals surface area contributed by atoms with E-state index in [0.717, 1.165) is 12.8 Å². The Hall–Kier alpha value is -2.44. The molecule has 1 aliphatic rings. The summed E-state index contributed by atoms with van der Waals surface area (Å²) in [5, 5.41) is 19.9. The predicted molar refractivity (Wildman–Crippen MR) is 78.4 cm³/mol. The van der Waals surface area contributed by atoms with Gasteiger partial charge < -0.3 is 10.0 Å². The van der Waals surface area contributed by atoms with Crippen LogP contribution in [0.3, 0.4) is 0 Å². The fourth-order valence-electron chi connectivity index (χ4n) is 2.71. The summed E-state index contributed by atoms with van der Waals surface area (Å²) in [7, 11) is 0. The number of carboxylic acid groups (broad SMARTS) is 1. The highest BCUT2D eigenvalue weighted by molar-refractivity contribution is 5.84. The smallest absolute Gasteiger partial charge is 0.326 e. The lowest BCUT2D eigenvalue weighted by Crippen LogP contribution is -2.48. The van der Waals surface area contributed by atoms with Crippen LogP contribution in [0.2, 0.25) is 0 Å². The molecule has 7 heteroatoms. The third kappa shape index (κ3) is 3.81. The van der Waals surface area contributed by atoms with E-state index in [0.29, 0.717) is 24.9 Å². The number of aryl methyl sites for hydroxylation is 1. The zero-order valence-corrected chi connectivity index (χ0v) is 12.1. The molecular weight excluding hydrogens is 288 g/mol. The Labute approximate surface area is 127 Å². The molecule has 1 saturated heterocycles. The van der Waals surface area contributed by atoms with Gasteiger partial charge in [-0.25, -0.2) is 4.79 Å². The number of amides is 1. The van der Waals surface area contributed by atoms with E-state index in [1.807, 2.05) is 0 Å². The van der Waals surface area contributed by atoms with E-state index < -0.39 is 16.9 Å². The van der Waals surface area contributed by atoms with Crippen molar-refractivity contribution in [1.29, 1.82) is 0 Å². The number of aliphatic carboxylic acids is 1. The van der Waals surface area contributed by atoms with E-state index in [-0.39, 0.29) is 18.0 Å². The van der Waals surface area contributed by atoms with E-state index >= 15 is 0 Å². The Balaban J connectivity index is 1.98. The molecule has 118 valence electrons. The quantitative estimate of drug-likeness (QED) is 0.662. The van der Waals surface area contributed by atoms with Gasteiger partial charge in [-0.05, 0) is 31.2 Å². The Morgan fingerprint density at radius 2 is 2.14 bits per heavy atom.